The van der Waals surface area contributed by atoms with Crippen molar-refractivity contribution in [2.24, 2.45) is 0 Å². The molecule has 2 aromatic carbocycles. The molecule has 0 spiro atoms. The van der Waals surface area contributed by atoms with Crippen molar-refractivity contribution in [2.75, 3.05) is 18.4 Å². The summed E-state index contributed by atoms with van der Waals surface area (Å²) in [5.74, 6) is -0.341. The maximum absolute atomic E-state index is 15.2. The molecular formula is C31H30F2N6O3S2. The van der Waals surface area contributed by atoms with E-state index in [0.717, 1.165) is 10.6 Å². The maximum atomic E-state index is 15.2. The van der Waals surface area contributed by atoms with Crippen molar-refractivity contribution in [1.29, 1.82) is 0 Å². The highest BCUT2D eigenvalue weighted by Crippen LogP contribution is 2.38. The lowest BCUT2D eigenvalue weighted by Crippen LogP contribution is -2.44. The van der Waals surface area contributed by atoms with Crippen molar-refractivity contribution in [3.63, 3.8) is 0 Å². The number of ether oxygens (including phenoxy) is 1. The first kappa shape index (κ1) is 30.0. The predicted octanol–water partition coefficient (Wildman–Crippen LogP) is 5.92. The number of nitrogens with one attached hydrogen (secondary N) is 2. The fourth-order valence-corrected chi connectivity index (χ4v) is 7.45. The largest absolute Gasteiger partial charge is 0.437 e. The van der Waals surface area contributed by atoms with Gasteiger partial charge in [0.25, 0.3) is 0 Å². The summed E-state index contributed by atoms with van der Waals surface area (Å²) in [4.78, 5) is 17.7. The molecule has 0 saturated carbocycles. The number of aryl methyl sites for hydroxylation is 2. The summed E-state index contributed by atoms with van der Waals surface area (Å²) in [5.41, 5.74) is 2.39. The first-order chi connectivity index (χ1) is 21.1. The molecule has 0 unspecified atom stereocenters. The summed E-state index contributed by atoms with van der Waals surface area (Å²) in [5, 5.41) is 9.71. The van der Waals surface area contributed by atoms with Gasteiger partial charge in [-0.1, -0.05) is 12.1 Å². The molecule has 44 heavy (non-hydrogen) atoms. The monoisotopic (exact) mass is 636 g/mol. The smallest absolute Gasteiger partial charge is 0.228 e. The van der Waals surface area contributed by atoms with Crippen LogP contribution >= 0.6 is 11.3 Å². The molecule has 0 aliphatic carbocycles. The number of aromatic nitrogens is 4. The Bertz CT molecular complexity index is 1940. The molecule has 13 heteroatoms. The highest BCUT2D eigenvalue weighted by atomic mass is 32.2. The van der Waals surface area contributed by atoms with E-state index in [4.69, 9.17) is 4.74 Å². The molecule has 2 atom stereocenters. The summed E-state index contributed by atoms with van der Waals surface area (Å²) in [7, 11) is -3.72. The van der Waals surface area contributed by atoms with Crippen LogP contribution in [0.15, 0.2) is 60.2 Å². The second-order valence-corrected chi connectivity index (χ2v) is 13.9. The molecule has 0 bridgehead atoms. The topological polar surface area (TPSA) is 119 Å². The van der Waals surface area contributed by atoms with Gasteiger partial charge < -0.3 is 15.4 Å². The molecule has 2 N–H and O–H groups in total. The van der Waals surface area contributed by atoms with Crippen LogP contribution in [-0.4, -0.2) is 53.7 Å². The molecule has 3 aromatic heterocycles. The van der Waals surface area contributed by atoms with Crippen molar-refractivity contribution in [3.8, 4) is 22.9 Å². The van der Waals surface area contributed by atoms with Gasteiger partial charge in [-0.3, -0.25) is 0 Å². The molecule has 4 heterocycles. The lowest BCUT2D eigenvalue weighted by molar-refractivity contribution is 0.254. The van der Waals surface area contributed by atoms with Gasteiger partial charge in [0.2, 0.25) is 11.8 Å². The third kappa shape index (κ3) is 6.69. The molecule has 9 nitrogen and oxygen atoms in total. The Morgan fingerprint density at radius 2 is 1.86 bits per heavy atom. The van der Waals surface area contributed by atoms with E-state index >= 15 is 4.39 Å². The van der Waals surface area contributed by atoms with Gasteiger partial charge in [-0.2, -0.15) is 0 Å². The normalized spacial score (nSPS) is 17.1. The van der Waals surface area contributed by atoms with Crippen molar-refractivity contribution >= 4 is 37.9 Å². The van der Waals surface area contributed by atoms with E-state index in [9.17, 15) is 12.8 Å². The van der Waals surface area contributed by atoms with Crippen molar-refractivity contribution in [3.05, 3.63) is 87.9 Å². The molecular weight excluding hydrogens is 607 g/mol. The van der Waals surface area contributed by atoms with Crippen LogP contribution in [0, 0.1) is 19.7 Å². The average Bonchev–Trinajstić information content (AvgIpc) is 3.39. The molecule has 1 fully saturated rings. The summed E-state index contributed by atoms with van der Waals surface area (Å²) in [6, 6.07) is 11.5. The number of benzene rings is 2. The summed E-state index contributed by atoms with van der Waals surface area (Å²) < 4.78 is 61.7. The number of alkyl halides is 1. The Balaban J connectivity index is 1.32. The average molecular weight is 637 g/mol. The first-order valence-corrected chi connectivity index (χ1v) is 16.7. The van der Waals surface area contributed by atoms with E-state index < -0.39 is 27.6 Å². The third-order valence-corrected chi connectivity index (χ3v) is 9.62. The van der Waals surface area contributed by atoms with Gasteiger partial charge in [-0.15, -0.1) is 11.3 Å². The molecule has 6 rings (SSSR count). The summed E-state index contributed by atoms with van der Waals surface area (Å²) in [6.07, 6.45) is 2.61. The highest BCUT2D eigenvalue weighted by Gasteiger charge is 2.23. The van der Waals surface area contributed by atoms with Crippen LogP contribution in [0.4, 0.5) is 14.7 Å². The zero-order valence-electron chi connectivity index (χ0n) is 24.0. The van der Waals surface area contributed by atoms with E-state index in [1.54, 1.807) is 55.0 Å². The van der Waals surface area contributed by atoms with Crippen LogP contribution in [0.3, 0.4) is 0 Å². The Labute approximate surface area is 257 Å². The van der Waals surface area contributed by atoms with Gasteiger partial charge in [0.15, 0.2) is 9.84 Å². The molecule has 1 aliphatic heterocycles. The molecule has 1 saturated heterocycles. The number of nitrogens with zero attached hydrogens (tertiary/aromatic N) is 4. The number of hydrogen-bond donors (Lipinski definition) is 2. The zero-order chi connectivity index (χ0) is 30.8. The van der Waals surface area contributed by atoms with Crippen LogP contribution < -0.4 is 15.4 Å². The standard InChI is InChI=1S/C31H30F2N6O3S2/c1-18-5-6-23-24(7-8-27(33)26(23)17-44(40,41)16-22-15-43-19(2)37-22)29(18)42-30-25(4-3-10-35-30)28-9-11-36-31(39-28)38-21-12-20(32)13-34-14-21/h3-11,15,20-21,34H,12-14,16-17H2,1-2H3,(H,36,38,39)/t20-,21-/m0/s1. The summed E-state index contributed by atoms with van der Waals surface area (Å²) >= 11 is 1.37. The van der Waals surface area contributed by atoms with Crippen molar-refractivity contribution < 1.29 is 21.9 Å². The fourth-order valence-electron chi connectivity index (χ4n) is 5.30. The van der Waals surface area contributed by atoms with Crippen LogP contribution in [0.25, 0.3) is 22.0 Å². The van der Waals surface area contributed by atoms with Gasteiger partial charge in [-0.25, -0.2) is 37.1 Å². The van der Waals surface area contributed by atoms with Crippen molar-refractivity contribution in [1.82, 2.24) is 25.3 Å². The number of halogens is 2. The Hall–Kier alpha value is -4.07. The van der Waals surface area contributed by atoms with Gasteiger partial charge in [0.05, 0.1) is 33.5 Å². The minimum Gasteiger partial charge on any atom is -0.437 e. The fraction of sp³-hybridized carbons (Fsp3) is 0.290. The maximum Gasteiger partial charge on any atom is 0.228 e. The first-order valence-electron chi connectivity index (χ1n) is 14.0. The van der Waals surface area contributed by atoms with Crippen LogP contribution in [-0.2, 0) is 21.3 Å². The van der Waals surface area contributed by atoms with E-state index in [1.807, 2.05) is 13.0 Å². The minimum atomic E-state index is -3.72. The second-order valence-electron chi connectivity index (χ2n) is 10.8. The van der Waals surface area contributed by atoms with Gasteiger partial charge in [0, 0.05) is 54.3 Å². The van der Waals surface area contributed by atoms with E-state index in [2.05, 4.69) is 30.6 Å². The lowest BCUT2D eigenvalue weighted by atomic mass is 10.0. The molecule has 5 aromatic rings. The SMILES string of the molecule is Cc1nc(CS(=O)(=O)Cc2c(F)ccc3c(Oc4ncccc4-c4ccnc(N[C@@H]5CNC[C@@H](F)C5)n4)c(C)ccc23)cs1. The Morgan fingerprint density at radius 3 is 2.66 bits per heavy atom. The number of sulfone groups is 1. The number of piperidine rings is 1. The number of fused-ring (bicyclic) bond motifs is 1. The zero-order valence-corrected chi connectivity index (χ0v) is 25.7. The quantitative estimate of drug-likeness (QED) is 0.203. The molecule has 1 aliphatic rings. The Morgan fingerprint density at radius 1 is 1.02 bits per heavy atom. The molecule has 0 amide bonds. The van der Waals surface area contributed by atoms with Gasteiger partial charge in [0.1, 0.15) is 17.7 Å². The Kier molecular flexibility index (Phi) is 8.52. The highest BCUT2D eigenvalue weighted by molar-refractivity contribution is 7.89. The number of anilines is 1. The third-order valence-electron chi connectivity index (χ3n) is 7.33. The van der Waals surface area contributed by atoms with Gasteiger partial charge in [-0.05, 0) is 55.1 Å². The summed E-state index contributed by atoms with van der Waals surface area (Å²) in [6.45, 7) is 4.59. The molecule has 0 radical (unpaired) electrons. The van der Waals surface area contributed by atoms with E-state index in [-0.39, 0.29) is 23.2 Å². The van der Waals surface area contributed by atoms with Crippen molar-refractivity contribution in [2.45, 2.75) is 44.0 Å². The van der Waals surface area contributed by atoms with Gasteiger partial charge >= 0.3 is 0 Å². The molecule has 228 valence electrons. The predicted molar refractivity (Wildman–Crippen MR) is 167 cm³/mol. The van der Waals surface area contributed by atoms with E-state index in [1.165, 1.54) is 17.4 Å². The van der Waals surface area contributed by atoms with Crippen LogP contribution in [0.1, 0.15) is 28.2 Å². The number of thiazole rings is 1. The lowest BCUT2D eigenvalue weighted by Gasteiger charge is -2.26. The van der Waals surface area contributed by atoms with Crippen LogP contribution in [0.2, 0.25) is 0 Å². The minimum absolute atomic E-state index is 0.0692. The number of hydrogen-bond acceptors (Lipinski definition) is 10. The van der Waals surface area contributed by atoms with Crippen LogP contribution in [0.5, 0.6) is 11.6 Å². The number of rotatable bonds is 9. The van der Waals surface area contributed by atoms with E-state index in [0.29, 0.717) is 58.9 Å². The number of pyridine rings is 1. The second kappa shape index (κ2) is 12.5.